The molecule has 1 rings (SSSR count). The lowest BCUT2D eigenvalue weighted by Crippen LogP contribution is -2.43. The number of aliphatic hydroxyl groups is 1. The average Bonchev–Trinajstić information content (AvgIpc) is 2.51. The zero-order valence-electron chi connectivity index (χ0n) is 12.2. The van der Waals surface area contributed by atoms with Gasteiger partial charge >= 0.3 is 11.8 Å². The van der Waals surface area contributed by atoms with E-state index in [1.54, 1.807) is 31.4 Å². The molecule has 0 saturated heterocycles. The number of hydrogen-bond donors (Lipinski definition) is 2. The third-order valence-corrected chi connectivity index (χ3v) is 2.69. The Morgan fingerprint density at radius 2 is 1.86 bits per heavy atom. The maximum absolute atomic E-state index is 11.5. The van der Waals surface area contributed by atoms with Gasteiger partial charge in [-0.15, -0.1) is 0 Å². The van der Waals surface area contributed by atoms with Crippen LogP contribution < -0.4 is 14.8 Å². The molecule has 0 fully saturated rings. The van der Waals surface area contributed by atoms with Crippen molar-refractivity contribution in [3.8, 4) is 11.5 Å². The predicted octanol–water partition coefficient (Wildman–Crippen LogP) is -0.359. The first-order chi connectivity index (χ1) is 10.1. The van der Waals surface area contributed by atoms with Gasteiger partial charge in [0, 0.05) is 13.6 Å². The number of amides is 2. The average molecular weight is 296 g/mol. The first kappa shape index (κ1) is 16.8. The van der Waals surface area contributed by atoms with E-state index in [1.165, 1.54) is 7.05 Å². The maximum Gasteiger partial charge on any atom is 0.311 e. The summed E-state index contributed by atoms with van der Waals surface area (Å²) >= 11 is 0. The van der Waals surface area contributed by atoms with Gasteiger partial charge in [0.2, 0.25) is 0 Å². The number of nitrogens with one attached hydrogen (secondary N) is 1. The van der Waals surface area contributed by atoms with Crippen molar-refractivity contribution in [1.29, 1.82) is 0 Å². The van der Waals surface area contributed by atoms with Crippen LogP contribution in [-0.4, -0.2) is 62.3 Å². The lowest BCUT2D eigenvalue weighted by atomic mass is 10.3. The lowest BCUT2D eigenvalue weighted by molar-refractivity contribution is -0.145. The fourth-order valence-corrected chi connectivity index (χ4v) is 1.51. The highest BCUT2D eigenvalue weighted by Gasteiger charge is 2.17. The van der Waals surface area contributed by atoms with Crippen LogP contribution in [0.2, 0.25) is 0 Å². The van der Waals surface area contributed by atoms with Gasteiger partial charge in [0.1, 0.15) is 18.1 Å². The summed E-state index contributed by atoms with van der Waals surface area (Å²) in [5.41, 5.74) is 0. The van der Waals surface area contributed by atoms with Crippen LogP contribution in [0.3, 0.4) is 0 Å². The first-order valence-electron chi connectivity index (χ1n) is 6.49. The summed E-state index contributed by atoms with van der Waals surface area (Å²) < 4.78 is 10.4. The summed E-state index contributed by atoms with van der Waals surface area (Å²) in [7, 11) is 3.03. The van der Waals surface area contributed by atoms with E-state index in [-0.39, 0.29) is 26.3 Å². The van der Waals surface area contributed by atoms with Crippen molar-refractivity contribution in [2.24, 2.45) is 0 Å². The predicted molar refractivity (Wildman–Crippen MR) is 76.2 cm³/mol. The minimum Gasteiger partial charge on any atom is -0.497 e. The standard InChI is InChI=1S/C14H20N2O5/c1-16(8-9-17)14(19)13(18)15-7-10-21-12-5-3-11(20-2)4-6-12/h3-6,17H,7-10H2,1-2H3,(H,15,18). The highest BCUT2D eigenvalue weighted by molar-refractivity contribution is 6.34. The number of ether oxygens (including phenoxy) is 2. The van der Waals surface area contributed by atoms with E-state index < -0.39 is 11.8 Å². The molecule has 116 valence electrons. The van der Waals surface area contributed by atoms with E-state index in [0.717, 1.165) is 10.6 Å². The molecule has 2 amide bonds. The Labute approximate surface area is 123 Å². The summed E-state index contributed by atoms with van der Waals surface area (Å²) in [4.78, 5) is 24.2. The molecule has 0 radical (unpaired) electrons. The first-order valence-corrected chi connectivity index (χ1v) is 6.49. The van der Waals surface area contributed by atoms with Crippen molar-refractivity contribution in [3.05, 3.63) is 24.3 Å². The summed E-state index contributed by atoms with van der Waals surface area (Å²) in [5, 5.41) is 11.1. The van der Waals surface area contributed by atoms with Crippen LogP contribution in [0, 0.1) is 0 Å². The quantitative estimate of drug-likeness (QED) is 0.530. The van der Waals surface area contributed by atoms with Crippen LogP contribution in [0.25, 0.3) is 0 Å². The van der Waals surface area contributed by atoms with Crippen molar-refractivity contribution in [2.75, 3.05) is 40.5 Å². The minimum absolute atomic E-state index is 0.120. The van der Waals surface area contributed by atoms with Crippen molar-refractivity contribution in [2.45, 2.75) is 0 Å². The van der Waals surface area contributed by atoms with Gasteiger partial charge in [-0.25, -0.2) is 0 Å². The summed E-state index contributed by atoms with van der Waals surface area (Å²) in [6.07, 6.45) is 0. The summed E-state index contributed by atoms with van der Waals surface area (Å²) in [5.74, 6) is -0.0280. The van der Waals surface area contributed by atoms with Gasteiger partial charge in [-0.1, -0.05) is 0 Å². The lowest BCUT2D eigenvalue weighted by Gasteiger charge is -2.15. The van der Waals surface area contributed by atoms with Crippen LogP contribution >= 0.6 is 0 Å². The van der Waals surface area contributed by atoms with Crippen LogP contribution in [0.1, 0.15) is 0 Å². The monoisotopic (exact) mass is 296 g/mol. The largest absolute Gasteiger partial charge is 0.497 e. The highest BCUT2D eigenvalue weighted by atomic mass is 16.5. The number of likely N-dealkylation sites (N-methyl/N-ethyl adjacent to an activating group) is 1. The number of rotatable bonds is 7. The second kappa shape index (κ2) is 8.80. The number of aliphatic hydroxyl groups excluding tert-OH is 1. The molecule has 0 spiro atoms. The van der Waals surface area contributed by atoms with E-state index in [4.69, 9.17) is 14.6 Å². The van der Waals surface area contributed by atoms with E-state index in [1.807, 2.05) is 0 Å². The zero-order valence-corrected chi connectivity index (χ0v) is 12.2. The number of benzene rings is 1. The maximum atomic E-state index is 11.5. The van der Waals surface area contributed by atoms with E-state index in [2.05, 4.69) is 5.32 Å². The second-order valence-electron chi connectivity index (χ2n) is 4.23. The Kier molecular flexibility index (Phi) is 7.03. The van der Waals surface area contributed by atoms with Gasteiger partial charge in [0.25, 0.3) is 0 Å². The Morgan fingerprint density at radius 1 is 1.24 bits per heavy atom. The molecule has 7 nitrogen and oxygen atoms in total. The van der Waals surface area contributed by atoms with Gasteiger partial charge in [-0.3, -0.25) is 9.59 Å². The molecule has 1 aromatic rings. The molecule has 2 N–H and O–H groups in total. The van der Waals surface area contributed by atoms with Crippen molar-refractivity contribution >= 4 is 11.8 Å². The highest BCUT2D eigenvalue weighted by Crippen LogP contribution is 2.16. The Hall–Kier alpha value is -2.28. The zero-order chi connectivity index (χ0) is 15.7. The minimum atomic E-state index is -0.718. The summed E-state index contributed by atoms with van der Waals surface area (Å²) in [6.45, 7) is 0.392. The van der Waals surface area contributed by atoms with Gasteiger partial charge in [0.15, 0.2) is 0 Å². The van der Waals surface area contributed by atoms with E-state index in [0.29, 0.717) is 5.75 Å². The Balaban J connectivity index is 2.26. The third-order valence-electron chi connectivity index (χ3n) is 2.69. The second-order valence-corrected chi connectivity index (χ2v) is 4.23. The molecular weight excluding hydrogens is 276 g/mol. The molecule has 0 aromatic heterocycles. The fraction of sp³-hybridized carbons (Fsp3) is 0.429. The molecular formula is C14H20N2O5. The van der Waals surface area contributed by atoms with Gasteiger partial charge < -0.3 is 24.8 Å². The van der Waals surface area contributed by atoms with Crippen LogP contribution in [0.5, 0.6) is 11.5 Å². The van der Waals surface area contributed by atoms with E-state index >= 15 is 0 Å². The topological polar surface area (TPSA) is 88.1 Å². The normalized spacial score (nSPS) is 9.86. The molecule has 0 unspecified atom stereocenters. The number of hydrogen-bond acceptors (Lipinski definition) is 5. The molecule has 0 aliphatic carbocycles. The molecule has 1 aromatic carbocycles. The third kappa shape index (κ3) is 5.70. The molecule has 21 heavy (non-hydrogen) atoms. The molecule has 0 aliphatic heterocycles. The van der Waals surface area contributed by atoms with Gasteiger partial charge in [0.05, 0.1) is 20.3 Å². The number of nitrogens with zero attached hydrogens (tertiary/aromatic N) is 1. The summed E-state index contributed by atoms with van der Waals surface area (Å²) in [6, 6.07) is 7.03. The molecule has 0 atom stereocenters. The SMILES string of the molecule is COc1ccc(OCCNC(=O)C(=O)N(C)CCO)cc1. The van der Waals surface area contributed by atoms with Gasteiger partial charge in [-0.05, 0) is 24.3 Å². The number of carbonyl (C=O) groups is 2. The Morgan fingerprint density at radius 3 is 2.43 bits per heavy atom. The molecule has 0 bridgehead atoms. The molecule has 7 heteroatoms. The van der Waals surface area contributed by atoms with Crippen molar-refractivity contribution in [3.63, 3.8) is 0 Å². The number of methoxy groups -OCH3 is 1. The van der Waals surface area contributed by atoms with Crippen molar-refractivity contribution in [1.82, 2.24) is 10.2 Å². The van der Waals surface area contributed by atoms with Crippen molar-refractivity contribution < 1.29 is 24.2 Å². The fourth-order valence-electron chi connectivity index (χ4n) is 1.51. The molecule has 0 aliphatic rings. The molecule has 0 heterocycles. The van der Waals surface area contributed by atoms with Crippen LogP contribution in [0.4, 0.5) is 0 Å². The van der Waals surface area contributed by atoms with E-state index in [9.17, 15) is 9.59 Å². The van der Waals surface area contributed by atoms with Gasteiger partial charge in [-0.2, -0.15) is 0 Å². The number of carbonyl (C=O) groups excluding carboxylic acids is 2. The smallest absolute Gasteiger partial charge is 0.311 e. The molecule has 0 saturated carbocycles. The Bertz CT molecular complexity index is 461. The van der Waals surface area contributed by atoms with Crippen LogP contribution in [-0.2, 0) is 9.59 Å². The van der Waals surface area contributed by atoms with Crippen LogP contribution in [0.15, 0.2) is 24.3 Å².